The molecule has 1 atom stereocenters. The third kappa shape index (κ3) is 3.53. The van der Waals surface area contributed by atoms with E-state index in [0.717, 1.165) is 12.8 Å². The van der Waals surface area contributed by atoms with Crippen LogP contribution in [0.1, 0.15) is 19.8 Å². The highest BCUT2D eigenvalue weighted by atomic mass is 16.5. The average molecular weight is 203 g/mol. The Balaban J connectivity index is 2.08. The Morgan fingerprint density at radius 1 is 1.36 bits per heavy atom. The van der Waals surface area contributed by atoms with Crippen LogP contribution >= 0.6 is 0 Å². The molecule has 0 heterocycles. The zero-order valence-electron chi connectivity index (χ0n) is 8.87. The molecule has 0 saturated heterocycles. The number of hydrogen-bond acceptors (Lipinski definition) is 4. The molecule has 4 nitrogen and oxygen atoms in total. The molecule has 1 saturated carbocycles. The summed E-state index contributed by atoms with van der Waals surface area (Å²) in [5, 5.41) is 10.0. The molecule has 0 aromatic rings. The van der Waals surface area contributed by atoms with Crippen molar-refractivity contribution in [2.45, 2.75) is 25.4 Å². The van der Waals surface area contributed by atoms with E-state index in [1.165, 1.54) is 0 Å². The summed E-state index contributed by atoms with van der Waals surface area (Å²) in [5.74, 6) is 0.347. The minimum Gasteiger partial charge on any atom is -0.386 e. The number of rotatable bonds is 8. The molecule has 1 aliphatic carbocycles. The predicted molar refractivity (Wildman–Crippen MR) is 54.0 cm³/mol. The van der Waals surface area contributed by atoms with Gasteiger partial charge in [-0.15, -0.1) is 0 Å². The van der Waals surface area contributed by atoms with Crippen molar-refractivity contribution < 1.29 is 14.6 Å². The van der Waals surface area contributed by atoms with Gasteiger partial charge in [-0.25, -0.2) is 0 Å². The van der Waals surface area contributed by atoms with Crippen molar-refractivity contribution in [2.75, 3.05) is 33.0 Å². The van der Waals surface area contributed by atoms with Gasteiger partial charge in [0, 0.05) is 13.2 Å². The number of nitrogens with two attached hydrogens (primary N) is 1. The maximum atomic E-state index is 10.0. The lowest BCUT2D eigenvalue weighted by Crippen LogP contribution is -2.44. The van der Waals surface area contributed by atoms with E-state index in [0.29, 0.717) is 32.3 Å². The number of aliphatic hydroxyl groups is 1. The Hall–Kier alpha value is -0.160. The average Bonchev–Trinajstić information content (AvgIpc) is 3.01. The SMILES string of the molecule is CCOCCOCC(O)(CN)C1CC1. The summed E-state index contributed by atoms with van der Waals surface area (Å²) in [7, 11) is 0. The fourth-order valence-electron chi connectivity index (χ4n) is 1.48. The molecule has 1 unspecified atom stereocenters. The van der Waals surface area contributed by atoms with Crippen molar-refractivity contribution in [3.8, 4) is 0 Å². The highest BCUT2D eigenvalue weighted by Gasteiger charge is 2.42. The maximum Gasteiger partial charge on any atom is 0.103 e. The molecule has 3 N–H and O–H groups in total. The predicted octanol–water partition coefficient (Wildman–Crippen LogP) is 0.139. The van der Waals surface area contributed by atoms with E-state index >= 15 is 0 Å². The van der Waals surface area contributed by atoms with E-state index in [-0.39, 0.29) is 6.54 Å². The first-order valence-corrected chi connectivity index (χ1v) is 5.31. The summed E-state index contributed by atoms with van der Waals surface area (Å²) in [6.07, 6.45) is 2.14. The zero-order chi connectivity index (χ0) is 10.4. The van der Waals surface area contributed by atoms with E-state index in [2.05, 4.69) is 0 Å². The van der Waals surface area contributed by atoms with Crippen LogP contribution < -0.4 is 5.73 Å². The van der Waals surface area contributed by atoms with Gasteiger partial charge in [0.1, 0.15) is 5.60 Å². The van der Waals surface area contributed by atoms with E-state index in [1.54, 1.807) is 0 Å². The lowest BCUT2D eigenvalue weighted by Gasteiger charge is -2.26. The molecule has 0 radical (unpaired) electrons. The monoisotopic (exact) mass is 203 g/mol. The van der Waals surface area contributed by atoms with E-state index < -0.39 is 5.60 Å². The van der Waals surface area contributed by atoms with Gasteiger partial charge in [-0.05, 0) is 25.7 Å². The minimum atomic E-state index is -0.799. The lowest BCUT2D eigenvalue weighted by atomic mass is 9.99. The highest BCUT2D eigenvalue weighted by Crippen LogP contribution is 2.39. The van der Waals surface area contributed by atoms with Gasteiger partial charge in [-0.3, -0.25) is 0 Å². The molecule has 1 fully saturated rings. The first-order valence-electron chi connectivity index (χ1n) is 5.31. The quantitative estimate of drug-likeness (QED) is 0.551. The van der Waals surface area contributed by atoms with Crippen LogP contribution in [0.25, 0.3) is 0 Å². The van der Waals surface area contributed by atoms with Crippen molar-refractivity contribution in [3.63, 3.8) is 0 Å². The van der Waals surface area contributed by atoms with Gasteiger partial charge >= 0.3 is 0 Å². The Morgan fingerprint density at radius 3 is 2.50 bits per heavy atom. The topological polar surface area (TPSA) is 64.7 Å². The molecule has 0 aliphatic heterocycles. The molecule has 0 aromatic heterocycles. The van der Waals surface area contributed by atoms with Crippen molar-refractivity contribution in [3.05, 3.63) is 0 Å². The summed E-state index contributed by atoms with van der Waals surface area (Å²) in [6.45, 7) is 4.38. The molecule has 0 aromatic carbocycles. The second-order valence-corrected chi connectivity index (χ2v) is 3.83. The molecule has 1 rings (SSSR count). The molecule has 14 heavy (non-hydrogen) atoms. The Kier molecular flexibility index (Phi) is 4.81. The van der Waals surface area contributed by atoms with Crippen molar-refractivity contribution in [1.82, 2.24) is 0 Å². The van der Waals surface area contributed by atoms with Gasteiger partial charge in [-0.2, -0.15) is 0 Å². The van der Waals surface area contributed by atoms with Gasteiger partial charge < -0.3 is 20.3 Å². The second kappa shape index (κ2) is 5.66. The minimum absolute atomic E-state index is 0.284. The van der Waals surface area contributed by atoms with Gasteiger partial charge in [0.05, 0.1) is 19.8 Å². The van der Waals surface area contributed by atoms with Gasteiger partial charge in [0.15, 0.2) is 0 Å². The Morgan fingerprint density at radius 2 is 2.00 bits per heavy atom. The van der Waals surface area contributed by atoms with E-state index in [9.17, 15) is 5.11 Å². The lowest BCUT2D eigenvalue weighted by molar-refractivity contribution is -0.0649. The normalized spacial score (nSPS) is 20.8. The standard InChI is InChI=1S/C10H21NO3/c1-2-13-5-6-14-8-10(12,7-11)9-3-4-9/h9,12H,2-8,11H2,1H3. The zero-order valence-corrected chi connectivity index (χ0v) is 8.87. The van der Waals surface area contributed by atoms with E-state index in [4.69, 9.17) is 15.2 Å². The molecule has 84 valence electrons. The van der Waals surface area contributed by atoms with Crippen molar-refractivity contribution >= 4 is 0 Å². The Labute approximate surface area is 85.4 Å². The molecular formula is C10H21NO3. The van der Waals surface area contributed by atoms with Crippen LogP contribution in [0.15, 0.2) is 0 Å². The van der Waals surface area contributed by atoms with Crippen LogP contribution in [0, 0.1) is 5.92 Å². The summed E-state index contributed by atoms with van der Waals surface area (Å²) in [4.78, 5) is 0. The third-order valence-corrected chi connectivity index (χ3v) is 2.62. The number of ether oxygens (including phenoxy) is 2. The summed E-state index contributed by atoms with van der Waals surface area (Å²) in [6, 6.07) is 0. The molecule has 4 heteroatoms. The van der Waals surface area contributed by atoms with Gasteiger partial charge in [-0.1, -0.05) is 0 Å². The van der Waals surface area contributed by atoms with Crippen LogP contribution in [-0.2, 0) is 9.47 Å². The highest BCUT2D eigenvalue weighted by molar-refractivity contribution is 4.95. The summed E-state index contributed by atoms with van der Waals surface area (Å²) < 4.78 is 10.5. The van der Waals surface area contributed by atoms with Crippen LogP contribution in [0.4, 0.5) is 0 Å². The van der Waals surface area contributed by atoms with Gasteiger partial charge in [0.25, 0.3) is 0 Å². The summed E-state index contributed by atoms with van der Waals surface area (Å²) in [5.41, 5.74) is 4.73. The van der Waals surface area contributed by atoms with E-state index in [1.807, 2.05) is 6.92 Å². The maximum absolute atomic E-state index is 10.0. The Bertz CT molecular complexity index is 161. The first kappa shape index (κ1) is 11.9. The van der Waals surface area contributed by atoms with Crippen LogP contribution in [-0.4, -0.2) is 43.7 Å². The fourth-order valence-corrected chi connectivity index (χ4v) is 1.48. The van der Waals surface area contributed by atoms with Crippen LogP contribution in [0.3, 0.4) is 0 Å². The molecule has 0 bridgehead atoms. The fraction of sp³-hybridized carbons (Fsp3) is 1.00. The molecular weight excluding hydrogens is 182 g/mol. The summed E-state index contributed by atoms with van der Waals surface area (Å²) >= 11 is 0. The van der Waals surface area contributed by atoms with Crippen LogP contribution in [0.5, 0.6) is 0 Å². The van der Waals surface area contributed by atoms with Crippen molar-refractivity contribution in [2.24, 2.45) is 11.7 Å². The molecule has 0 spiro atoms. The molecule has 0 amide bonds. The van der Waals surface area contributed by atoms with Crippen molar-refractivity contribution in [1.29, 1.82) is 0 Å². The van der Waals surface area contributed by atoms with Gasteiger partial charge in [0.2, 0.25) is 0 Å². The number of hydrogen-bond donors (Lipinski definition) is 2. The van der Waals surface area contributed by atoms with Crippen LogP contribution in [0.2, 0.25) is 0 Å². The third-order valence-electron chi connectivity index (χ3n) is 2.62. The molecule has 1 aliphatic rings. The largest absolute Gasteiger partial charge is 0.386 e. The smallest absolute Gasteiger partial charge is 0.103 e. The second-order valence-electron chi connectivity index (χ2n) is 3.83. The first-order chi connectivity index (χ1) is 6.73.